The van der Waals surface area contributed by atoms with E-state index in [4.69, 9.17) is 0 Å². The Labute approximate surface area is 64.6 Å². The van der Waals surface area contributed by atoms with Crippen LogP contribution in [0, 0.1) is 0 Å². The highest BCUT2D eigenvalue weighted by molar-refractivity contribution is 9.10. The third kappa shape index (κ3) is 1.80. The minimum Gasteiger partial charge on any atom is -0.418 e. The highest BCUT2D eigenvalue weighted by atomic mass is 79.9. The average molecular weight is 207 g/mol. The summed E-state index contributed by atoms with van der Waals surface area (Å²) in [6.45, 7) is 0.415. The van der Waals surface area contributed by atoms with Crippen LogP contribution in [0.25, 0.3) is 0 Å². The molecule has 0 aliphatic rings. The van der Waals surface area contributed by atoms with Gasteiger partial charge in [-0.2, -0.15) is 0 Å². The molecule has 0 radical (unpaired) electrons. The highest BCUT2D eigenvalue weighted by Gasteiger charge is 1.94. The fourth-order valence-corrected chi connectivity index (χ4v) is 1.63. The first-order valence-electron chi connectivity index (χ1n) is 2.17. The summed E-state index contributed by atoms with van der Waals surface area (Å²) in [6.07, 6.45) is 0. The average Bonchev–Trinajstić information content (AvgIpc) is 2.17. The third-order valence-corrected chi connectivity index (χ3v) is 2.29. The quantitative estimate of drug-likeness (QED) is 0.693. The minimum atomic E-state index is 0.415. The van der Waals surface area contributed by atoms with Crippen molar-refractivity contribution in [2.24, 2.45) is 0 Å². The lowest BCUT2D eigenvalue weighted by atomic mass is 10.7. The molecule has 0 spiro atoms. The summed E-state index contributed by atoms with van der Waals surface area (Å²) in [4.78, 5) is 9.75. The molecule has 4 heteroatoms. The molecular weight excluding hydrogens is 204 g/mol. The second kappa shape index (κ2) is 2.98. The summed E-state index contributed by atoms with van der Waals surface area (Å²) in [5.74, 6) is 0. The summed E-state index contributed by atoms with van der Waals surface area (Å²) in [5.41, 5.74) is 0. The number of hydrogen-bond donors (Lipinski definition) is 0. The van der Waals surface area contributed by atoms with E-state index < -0.39 is 0 Å². The zero-order valence-electron chi connectivity index (χ0n) is 4.33. The number of ether oxygens (including phenoxy) is 1. The Kier molecular flexibility index (Phi) is 2.24. The fraction of sp³-hybridized carbons (Fsp3) is 0. The van der Waals surface area contributed by atoms with Crippen molar-refractivity contribution >= 4 is 33.7 Å². The van der Waals surface area contributed by atoms with Gasteiger partial charge in [0.1, 0.15) is 0 Å². The maximum absolute atomic E-state index is 9.75. The molecule has 0 saturated carbocycles. The summed E-state index contributed by atoms with van der Waals surface area (Å²) >= 11 is 4.59. The number of thiophene rings is 1. The van der Waals surface area contributed by atoms with Crippen molar-refractivity contribution < 1.29 is 9.53 Å². The van der Waals surface area contributed by atoms with Crippen molar-refractivity contribution in [1.29, 1.82) is 0 Å². The maximum atomic E-state index is 9.75. The van der Waals surface area contributed by atoms with Crippen LogP contribution in [0.3, 0.4) is 0 Å². The Morgan fingerprint density at radius 1 is 1.78 bits per heavy atom. The van der Waals surface area contributed by atoms with Crippen LogP contribution in [0.4, 0.5) is 0 Å². The van der Waals surface area contributed by atoms with Crippen molar-refractivity contribution in [3.63, 3.8) is 0 Å². The van der Waals surface area contributed by atoms with Gasteiger partial charge in [0.25, 0.3) is 6.47 Å². The van der Waals surface area contributed by atoms with Gasteiger partial charge in [-0.1, -0.05) is 0 Å². The van der Waals surface area contributed by atoms with Gasteiger partial charge in [0.2, 0.25) is 0 Å². The van der Waals surface area contributed by atoms with E-state index in [1.807, 2.05) is 5.38 Å². The predicted octanol–water partition coefficient (Wildman–Crippen LogP) is 2.05. The van der Waals surface area contributed by atoms with Gasteiger partial charge in [-0.15, -0.1) is 11.3 Å². The molecule has 0 amide bonds. The first-order valence-corrected chi connectivity index (χ1v) is 3.84. The van der Waals surface area contributed by atoms with Gasteiger partial charge in [-0.3, -0.25) is 4.79 Å². The normalized spacial score (nSPS) is 9.00. The molecule has 0 aromatic carbocycles. The summed E-state index contributed by atoms with van der Waals surface area (Å²) in [7, 11) is 0. The smallest absolute Gasteiger partial charge is 0.299 e. The summed E-state index contributed by atoms with van der Waals surface area (Å²) in [6, 6.07) is 1.74. The Morgan fingerprint density at radius 2 is 2.56 bits per heavy atom. The van der Waals surface area contributed by atoms with Crippen molar-refractivity contribution in [3.8, 4) is 5.06 Å². The lowest BCUT2D eigenvalue weighted by Gasteiger charge is -1.84. The van der Waals surface area contributed by atoms with Gasteiger partial charge in [0.05, 0.1) is 0 Å². The molecule has 0 N–H and O–H groups in total. The van der Waals surface area contributed by atoms with Crippen LogP contribution in [0.2, 0.25) is 0 Å². The fourth-order valence-electron chi connectivity index (χ4n) is 0.404. The van der Waals surface area contributed by atoms with Crippen molar-refractivity contribution in [1.82, 2.24) is 0 Å². The SMILES string of the molecule is O=COc1cc(Br)cs1. The maximum Gasteiger partial charge on any atom is 0.299 e. The number of rotatable bonds is 2. The van der Waals surface area contributed by atoms with E-state index in [-0.39, 0.29) is 0 Å². The van der Waals surface area contributed by atoms with E-state index >= 15 is 0 Å². The monoisotopic (exact) mass is 206 g/mol. The van der Waals surface area contributed by atoms with E-state index in [2.05, 4.69) is 20.7 Å². The molecule has 9 heavy (non-hydrogen) atoms. The standard InChI is InChI=1S/C5H3BrO2S/c6-4-1-5(8-3-7)9-2-4/h1-3H. The Hall–Kier alpha value is -0.350. The summed E-state index contributed by atoms with van der Waals surface area (Å²) in [5, 5.41) is 2.45. The molecule has 0 saturated heterocycles. The van der Waals surface area contributed by atoms with Crippen LogP contribution in [0.1, 0.15) is 0 Å². The van der Waals surface area contributed by atoms with Crippen LogP contribution in [0.15, 0.2) is 15.9 Å². The third-order valence-electron chi connectivity index (χ3n) is 0.708. The molecular formula is C5H3BrO2S. The van der Waals surface area contributed by atoms with E-state index in [1.165, 1.54) is 11.3 Å². The van der Waals surface area contributed by atoms with Gasteiger partial charge < -0.3 is 4.74 Å². The molecule has 0 atom stereocenters. The molecule has 1 rings (SSSR count). The Bertz CT molecular complexity index is 208. The zero-order chi connectivity index (χ0) is 6.69. The van der Waals surface area contributed by atoms with E-state index in [0.717, 1.165) is 4.47 Å². The molecule has 0 aliphatic heterocycles. The highest BCUT2D eigenvalue weighted by Crippen LogP contribution is 2.25. The molecule has 0 aliphatic carbocycles. The second-order valence-corrected chi connectivity index (χ2v) is 3.09. The molecule has 0 unspecified atom stereocenters. The van der Waals surface area contributed by atoms with Crippen LogP contribution in [-0.2, 0) is 4.79 Å². The molecule has 1 aromatic heterocycles. The van der Waals surface area contributed by atoms with Gasteiger partial charge >= 0.3 is 0 Å². The van der Waals surface area contributed by atoms with Crippen molar-refractivity contribution in [3.05, 3.63) is 15.9 Å². The largest absolute Gasteiger partial charge is 0.418 e. The number of halogens is 1. The number of carbonyl (C=O) groups is 1. The van der Waals surface area contributed by atoms with Gasteiger partial charge in [0, 0.05) is 15.9 Å². The van der Waals surface area contributed by atoms with E-state index in [9.17, 15) is 4.79 Å². The van der Waals surface area contributed by atoms with Crippen LogP contribution < -0.4 is 4.74 Å². The van der Waals surface area contributed by atoms with Gasteiger partial charge in [0.15, 0.2) is 5.06 Å². The first kappa shape index (κ1) is 6.77. The Balaban J connectivity index is 2.72. The lowest BCUT2D eigenvalue weighted by molar-refractivity contribution is -0.120. The molecule has 0 bridgehead atoms. The predicted molar refractivity (Wildman–Crippen MR) is 38.7 cm³/mol. The van der Waals surface area contributed by atoms with E-state index in [0.29, 0.717) is 11.5 Å². The van der Waals surface area contributed by atoms with Gasteiger partial charge in [-0.25, -0.2) is 0 Å². The molecule has 2 nitrogen and oxygen atoms in total. The minimum absolute atomic E-state index is 0.415. The van der Waals surface area contributed by atoms with Crippen LogP contribution in [0.5, 0.6) is 5.06 Å². The first-order chi connectivity index (χ1) is 4.33. The van der Waals surface area contributed by atoms with Crippen LogP contribution >= 0.6 is 27.3 Å². The molecule has 1 aromatic rings. The van der Waals surface area contributed by atoms with Crippen LogP contribution in [-0.4, -0.2) is 6.47 Å². The molecule has 1 heterocycles. The topological polar surface area (TPSA) is 26.3 Å². The van der Waals surface area contributed by atoms with Crippen molar-refractivity contribution in [2.45, 2.75) is 0 Å². The van der Waals surface area contributed by atoms with Crippen molar-refractivity contribution in [2.75, 3.05) is 0 Å². The number of carbonyl (C=O) groups excluding carboxylic acids is 1. The molecule has 48 valence electrons. The van der Waals surface area contributed by atoms with E-state index in [1.54, 1.807) is 6.07 Å². The van der Waals surface area contributed by atoms with Gasteiger partial charge in [-0.05, 0) is 15.9 Å². The lowest BCUT2D eigenvalue weighted by Crippen LogP contribution is -1.82. The number of hydrogen-bond acceptors (Lipinski definition) is 3. The second-order valence-electron chi connectivity index (χ2n) is 1.30. The Morgan fingerprint density at radius 3 is 3.00 bits per heavy atom. The summed E-state index contributed by atoms with van der Waals surface area (Å²) < 4.78 is 5.47. The zero-order valence-corrected chi connectivity index (χ0v) is 6.74. The molecule has 0 fully saturated rings.